The molecule has 0 saturated heterocycles. The van der Waals surface area contributed by atoms with Crippen LogP contribution in [0.25, 0.3) is 0 Å². The minimum atomic E-state index is -0.966. The van der Waals surface area contributed by atoms with Crippen LogP contribution in [-0.4, -0.2) is 11.5 Å². The molecule has 1 aromatic heterocycles. The first-order chi connectivity index (χ1) is 10.1. The number of ether oxygens (including phenoxy) is 1. The van der Waals surface area contributed by atoms with Crippen molar-refractivity contribution < 1.29 is 13.5 Å². The highest BCUT2D eigenvalue weighted by Gasteiger charge is 2.08. The number of hydrogen-bond acceptors (Lipinski definition) is 3. The van der Waals surface area contributed by atoms with Crippen molar-refractivity contribution in [3.63, 3.8) is 0 Å². The lowest BCUT2D eigenvalue weighted by molar-refractivity contribution is 0.445. The Morgan fingerprint density at radius 1 is 1.19 bits per heavy atom. The fourth-order valence-electron chi connectivity index (χ4n) is 1.69. The summed E-state index contributed by atoms with van der Waals surface area (Å²) in [5.74, 6) is -1.43. The first-order valence-corrected chi connectivity index (χ1v) is 6.97. The van der Waals surface area contributed by atoms with E-state index in [0.29, 0.717) is 17.3 Å². The van der Waals surface area contributed by atoms with Crippen LogP contribution in [0, 0.1) is 11.6 Å². The standard InChI is InChI=1S/C15H15ClF2N2O/c1-2-7-19-9-14-11(16)4-6-15(20-14)21-10-3-5-12(17)13(18)8-10/h3-6,8,19H,2,7,9H2,1H3. The summed E-state index contributed by atoms with van der Waals surface area (Å²) in [7, 11) is 0. The van der Waals surface area contributed by atoms with Crippen molar-refractivity contribution >= 4 is 11.6 Å². The van der Waals surface area contributed by atoms with E-state index in [-0.39, 0.29) is 11.6 Å². The average molecular weight is 313 g/mol. The maximum atomic E-state index is 13.1. The molecule has 0 atom stereocenters. The van der Waals surface area contributed by atoms with Gasteiger partial charge in [-0.2, -0.15) is 0 Å². The van der Waals surface area contributed by atoms with E-state index >= 15 is 0 Å². The third-order valence-corrected chi connectivity index (χ3v) is 3.07. The fourth-order valence-corrected chi connectivity index (χ4v) is 1.86. The van der Waals surface area contributed by atoms with Crippen LogP contribution in [0.4, 0.5) is 8.78 Å². The lowest BCUT2D eigenvalue weighted by Crippen LogP contribution is -2.15. The molecule has 6 heteroatoms. The van der Waals surface area contributed by atoms with Crippen LogP contribution >= 0.6 is 11.6 Å². The number of nitrogens with zero attached hydrogens (tertiary/aromatic N) is 1. The molecular weight excluding hydrogens is 298 g/mol. The first-order valence-electron chi connectivity index (χ1n) is 6.59. The van der Waals surface area contributed by atoms with Crippen molar-refractivity contribution in [1.29, 1.82) is 0 Å². The molecule has 1 N–H and O–H groups in total. The Kier molecular flexibility index (Phi) is 5.47. The molecule has 0 amide bonds. The van der Waals surface area contributed by atoms with Crippen molar-refractivity contribution in [2.24, 2.45) is 0 Å². The highest BCUT2D eigenvalue weighted by molar-refractivity contribution is 6.31. The smallest absolute Gasteiger partial charge is 0.219 e. The van der Waals surface area contributed by atoms with Gasteiger partial charge in [-0.25, -0.2) is 13.8 Å². The molecule has 0 aliphatic rings. The quantitative estimate of drug-likeness (QED) is 0.807. The summed E-state index contributed by atoms with van der Waals surface area (Å²) in [5, 5.41) is 3.71. The number of nitrogens with one attached hydrogen (secondary N) is 1. The number of rotatable bonds is 6. The van der Waals surface area contributed by atoms with Crippen molar-refractivity contribution in [3.05, 3.63) is 52.7 Å². The fraction of sp³-hybridized carbons (Fsp3) is 0.267. The lowest BCUT2D eigenvalue weighted by atomic mass is 10.3. The molecule has 1 aromatic carbocycles. The van der Waals surface area contributed by atoms with Gasteiger partial charge in [0.2, 0.25) is 5.88 Å². The van der Waals surface area contributed by atoms with E-state index in [1.165, 1.54) is 6.07 Å². The summed E-state index contributed by atoms with van der Waals surface area (Å²) in [6.45, 7) is 3.43. The van der Waals surface area contributed by atoms with E-state index in [1.54, 1.807) is 12.1 Å². The van der Waals surface area contributed by atoms with Gasteiger partial charge < -0.3 is 10.1 Å². The monoisotopic (exact) mass is 312 g/mol. The normalized spacial score (nSPS) is 10.7. The van der Waals surface area contributed by atoms with Crippen LogP contribution in [-0.2, 0) is 6.54 Å². The Hall–Kier alpha value is -1.72. The zero-order valence-electron chi connectivity index (χ0n) is 11.5. The minimum Gasteiger partial charge on any atom is -0.439 e. The Labute approximate surface area is 126 Å². The molecule has 21 heavy (non-hydrogen) atoms. The average Bonchev–Trinajstić information content (AvgIpc) is 2.46. The number of aromatic nitrogens is 1. The summed E-state index contributed by atoms with van der Waals surface area (Å²) in [4.78, 5) is 4.26. The van der Waals surface area contributed by atoms with Gasteiger partial charge in [0, 0.05) is 18.7 Å². The van der Waals surface area contributed by atoms with Crippen LogP contribution in [0.15, 0.2) is 30.3 Å². The van der Waals surface area contributed by atoms with E-state index in [4.69, 9.17) is 16.3 Å². The molecule has 0 unspecified atom stereocenters. The van der Waals surface area contributed by atoms with Gasteiger partial charge >= 0.3 is 0 Å². The first kappa shape index (κ1) is 15.7. The van der Waals surface area contributed by atoms with Gasteiger partial charge in [0.25, 0.3) is 0 Å². The second-order valence-electron chi connectivity index (χ2n) is 4.43. The van der Waals surface area contributed by atoms with E-state index in [1.807, 2.05) is 0 Å². The van der Waals surface area contributed by atoms with Crippen molar-refractivity contribution in [2.45, 2.75) is 19.9 Å². The molecule has 2 aromatic rings. The predicted octanol–water partition coefficient (Wildman–Crippen LogP) is 4.31. The summed E-state index contributed by atoms with van der Waals surface area (Å²) in [6.07, 6.45) is 1.00. The van der Waals surface area contributed by atoms with Gasteiger partial charge in [-0.3, -0.25) is 0 Å². The Morgan fingerprint density at radius 3 is 2.71 bits per heavy atom. The second kappa shape index (κ2) is 7.33. The second-order valence-corrected chi connectivity index (χ2v) is 4.84. The zero-order chi connectivity index (χ0) is 15.2. The van der Waals surface area contributed by atoms with Crippen molar-refractivity contribution in [1.82, 2.24) is 10.3 Å². The molecule has 0 saturated carbocycles. The summed E-state index contributed by atoms with van der Waals surface area (Å²) in [5.41, 5.74) is 0.644. The predicted molar refractivity (Wildman–Crippen MR) is 77.7 cm³/mol. The van der Waals surface area contributed by atoms with Gasteiger partial charge in [-0.05, 0) is 31.2 Å². The molecular formula is C15H15ClF2N2O. The van der Waals surface area contributed by atoms with Crippen LogP contribution in [0.2, 0.25) is 5.02 Å². The Bertz CT molecular complexity index is 623. The van der Waals surface area contributed by atoms with Gasteiger partial charge in [0.05, 0.1) is 10.7 Å². The molecule has 0 aliphatic heterocycles. The van der Waals surface area contributed by atoms with Crippen molar-refractivity contribution in [2.75, 3.05) is 6.54 Å². The van der Waals surface area contributed by atoms with E-state index < -0.39 is 11.6 Å². The number of halogens is 3. The molecule has 3 nitrogen and oxygen atoms in total. The van der Waals surface area contributed by atoms with Crippen LogP contribution < -0.4 is 10.1 Å². The van der Waals surface area contributed by atoms with E-state index in [9.17, 15) is 8.78 Å². The van der Waals surface area contributed by atoms with Gasteiger partial charge in [-0.1, -0.05) is 18.5 Å². The van der Waals surface area contributed by atoms with E-state index in [0.717, 1.165) is 25.1 Å². The molecule has 1 heterocycles. The third kappa shape index (κ3) is 4.37. The number of benzene rings is 1. The minimum absolute atomic E-state index is 0.177. The maximum Gasteiger partial charge on any atom is 0.219 e. The highest BCUT2D eigenvalue weighted by Crippen LogP contribution is 2.24. The van der Waals surface area contributed by atoms with E-state index in [2.05, 4.69) is 17.2 Å². The van der Waals surface area contributed by atoms with Crippen LogP contribution in [0.5, 0.6) is 11.6 Å². The lowest BCUT2D eigenvalue weighted by Gasteiger charge is -2.09. The zero-order valence-corrected chi connectivity index (χ0v) is 12.3. The van der Waals surface area contributed by atoms with Gasteiger partial charge in [0.1, 0.15) is 5.75 Å². The van der Waals surface area contributed by atoms with Gasteiger partial charge in [0.15, 0.2) is 11.6 Å². The summed E-state index contributed by atoms with van der Waals surface area (Å²) >= 11 is 6.06. The molecule has 0 bridgehead atoms. The summed E-state index contributed by atoms with van der Waals surface area (Å²) < 4.78 is 31.4. The van der Waals surface area contributed by atoms with Crippen LogP contribution in [0.1, 0.15) is 19.0 Å². The molecule has 0 radical (unpaired) electrons. The number of hydrogen-bond donors (Lipinski definition) is 1. The highest BCUT2D eigenvalue weighted by atomic mass is 35.5. The molecule has 0 aliphatic carbocycles. The largest absolute Gasteiger partial charge is 0.439 e. The Morgan fingerprint density at radius 2 is 2.00 bits per heavy atom. The van der Waals surface area contributed by atoms with Gasteiger partial charge in [-0.15, -0.1) is 0 Å². The summed E-state index contributed by atoms with van der Waals surface area (Å²) in [6, 6.07) is 6.55. The third-order valence-electron chi connectivity index (χ3n) is 2.73. The molecule has 112 valence electrons. The SMILES string of the molecule is CCCNCc1nc(Oc2ccc(F)c(F)c2)ccc1Cl. The molecule has 0 fully saturated rings. The topological polar surface area (TPSA) is 34.2 Å². The molecule has 2 rings (SSSR count). The van der Waals surface area contributed by atoms with Crippen molar-refractivity contribution in [3.8, 4) is 11.6 Å². The Balaban J connectivity index is 2.12. The van der Waals surface area contributed by atoms with Crippen LogP contribution in [0.3, 0.4) is 0 Å². The number of pyridine rings is 1. The molecule has 0 spiro atoms. The maximum absolute atomic E-state index is 13.1.